The van der Waals surface area contributed by atoms with Crippen molar-refractivity contribution in [3.05, 3.63) is 0 Å². The van der Waals surface area contributed by atoms with Gasteiger partial charge in [-0.2, -0.15) is 8.42 Å². The molecule has 0 saturated carbocycles. The Hall–Kier alpha value is 0.200. The largest absolute Gasteiger partial charge is 0.330 e. The molecule has 0 unspecified atom stereocenters. The Kier molecular flexibility index (Phi) is 1.16. The molecule has 2 radical (unpaired) electrons. The van der Waals surface area contributed by atoms with E-state index in [1.807, 2.05) is 0 Å². The molecule has 0 spiro atoms. The van der Waals surface area contributed by atoms with E-state index >= 15 is 0 Å². The molecule has 0 amide bonds. The molecule has 5 heteroatoms. The maximum absolute atomic E-state index is 8.95. The van der Waals surface area contributed by atoms with Gasteiger partial charge in [-0.25, -0.2) is 0 Å². The Morgan fingerprint density at radius 3 is 1.60 bits per heavy atom. The van der Waals surface area contributed by atoms with Gasteiger partial charge in [0.05, 0.1) is 0 Å². The summed E-state index contributed by atoms with van der Waals surface area (Å²) >= 11 is 0. The smallest absolute Gasteiger partial charge is 0.192 e. The molecule has 0 aliphatic rings. The van der Waals surface area contributed by atoms with Gasteiger partial charge in [-0.15, -0.1) is 0 Å². The van der Waals surface area contributed by atoms with Crippen LogP contribution in [0.3, 0.4) is 0 Å². The number of nitrogens with zero attached hydrogens (tertiary/aromatic N) is 1. The fourth-order valence-electron chi connectivity index (χ4n) is 0. The van der Waals surface area contributed by atoms with E-state index in [4.69, 9.17) is 13.6 Å². The van der Waals surface area contributed by atoms with Gasteiger partial charge >= 0.3 is 9.24 Å². The van der Waals surface area contributed by atoms with Crippen molar-refractivity contribution < 1.29 is 8.42 Å². The second-order valence-corrected chi connectivity index (χ2v) is 2.41. The third-order valence-electron chi connectivity index (χ3n) is 0. The summed E-state index contributed by atoms with van der Waals surface area (Å²) in [5.41, 5.74) is 0. The van der Waals surface area contributed by atoms with E-state index in [-0.39, 0.29) is 0 Å². The van der Waals surface area contributed by atoms with E-state index < -0.39 is 9.24 Å². The summed E-state index contributed by atoms with van der Waals surface area (Å²) in [5, 5.41) is 7.26. The first-order chi connectivity index (χ1) is 2.00. The lowest BCUT2D eigenvalue weighted by Crippen LogP contribution is -1.82. The standard InChI is InChI=1S/ClNO2S/c1-5(2,3)4. The summed E-state index contributed by atoms with van der Waals surface area (Å²) in [5.74, 6) is 0. The van der Waals surface area contributed by atoms with E-state index in [1.165, 1.54) is 0 Å². The Labute approximate surface area is 34.3 Å². The minimum absolute atomic E-state index is 4.06. The first-order valence-electron chi connectivity index (χ1n) is 0.670. The molecule has 0 aliphatic heterocycles. The molecule has 0 N–H and O–H groups in total. The van der Waals surface area contributed by atoms with Crippen LogP contribution in [-0.4, -0.2) is 8.42 Å². The van der Waals surface area contributed by atoms with Crippen molar-refractivity contribution in [2.45, 2.75) is 0 Å². The van der Waals surface area contributed by atoms with Gasteiger partial charge in [0.2, 0.25) is 0 Å². The first-order valence-corrected chi connectivity index (χ1v) is 2.94. The van der Waals surface area contributed by atoms with Crippen molar-refractivity contribution in [2.75, 3.05) is 0 Å². The van der Waals surface area contributed by atoms with Gasteiger partial charge in [-0.05, 0) is 0 Å². The van der Waals surface area contributed by atoms with Crippen molar-refractivity contribution in [2.24, 2.45) is 0 Å². The number of halogens is 1. The molecule has 0 aromatic rings. The van der Waals surface area contributed by atoms with Gasteiger partial charge in [0.1, 0.15) is 0 Å². The molecule has 0 aromatic carbocycles. The Balaban J connectivity index is 4.06. The highest BCUT2D eigenvalue weighted by Gasteiger charge is 1.89. The summed E-state index contributed by atoms with van der Waals surface area (Å²) in [6.07, 6.45) is 0. The molecule has 0 bridgehead atoms. The van der Waals surface area contributed by atoms with Crippen LogP contribution in [0.25, 0.3) is 0 Å². The summed E-state index contributed by atoms with van der Waals surface area (Å²) in [6, 6.07) is 0. The second kappa shape index (κ2) is 1.12. The summed E-state index contributed by atoms with van der Waals surface area (Å²) in [6.45, 7) is 0. The maximum Gasteiger partial charge on any atom is 0.330 e. The zero-order valence-electron chi connectivity index (χ0n) is 2.05. The Morgan fingerprint density at radius 1 is 1.60 bits per heavy atom. The van der Waals surface area contributed by atoms with Crippen LogP contribution in [0.15, 0.2) is 0 Å². The van der Waals surface area contributed by atoms with E-state index in [0.717, 1.165) is 0 Å². The average molecular weight is 114 g/mol. The third kappa shape index (κ3) is 508. The van der Waals surface area contributed by atoms with Gasteiger partial charge in [0.15, 0.2) is 0 Å². The van der Waals surface area contributed by atoms with Crippen LogP contribution in [0.5, 0.6) is 0 Å². The lowest BCUT2D eigenvalue weighted by Gasteiger charge is -1.60. The molecular formula is ClNO2S. The summed E-state index contributed by atoms with van der Waals surface area (Å²) < 4.78 is 17.9. The van der Waals surface area contributed by atoms with E-state index in [9.17, 15) is 0 Å². The number of hydrogen-bond donors (Lipinski definition) is 0. The zero-order valence-corrected chi connectivity index (χ0v) is 3.62. The summed E-state index contributed by atoms with van der Waals surface area (Å²) in [7, 11) is -0.137. The molecule has 0 atom stereocenters. The van der Waals surface area contributed by atoms with Crippen LogP contribution in [0.1, 0.15) is 0 Å². The molecule has 0 saturated heterocycles. The predicted molar refractivity (Wildman–Crippen MR) is 16.9 cm³/mol. The van der Waals surface area contributed by atoms with Crippen molar-refractivity contribution in [1.29, 1.82) is 0 Å². The van der Waals surface area contributed by atoms with Crippen LogP contribution in [0, 0.1) is 0 Å². The van der Waals surface area contributed by atoms with Gasteiger partial charge in [-0.3, -0.25) is 0 Å². The van der Waals surface area contributed by atoms with Crippen LogP contribution < -0.4 is 5.14 Å². The molecule has 3 nitrogen and oxygen atoms in total. The topological polar surface area (TPSA) is 56.4 Å². The van der Waals surface area contributed by atoms with Crippen LogP contribution in [0.2, 0.25) is 0 Å². The highest BCUT2D eigenvalue weighted by molar-refractivity contribution is 8.11. The van der Waals surface area contributed by atoms with Gasteiger partial charge in [0.25, 0.3) is 0 Å². The molecule has 0 heterocycles. The normalized spacial score (nSPS) is 11.6. The second-order valence-electron chi connectivity index (χ2n) is 0.412. The molecule has 5 heavy (non-hydrogen) atoms. The zero-order chi connectivity index (χ0) is 4.50. The summed E-state index contributed by atoms with van der Waals surface area (Å²) in [4.78, 5) is 0. The van der Waals surface area contributed by atoms with Crippen molar-refractivity contribution in [3.63, 3.8) is 0 Å². The van der Waals surface area contributed by atoms with Gasteiger partial charge < -0.3 is 0 Å². The van der Waals surface area contributed by atoms with E-state index in [1.54, 1.807) is 0 Å². The Morgan fingerprint density at radius 2 is 1.60 bits per heavy atom. The molecular weight excluding hydrogens is 114 g/mol. The fourth-order valence-corrected chi connectivity index (χ4v) is 0. The lowest BCUT2D eigenvalue weighted by atomic mass is 14.0. The van der Waals surface area contributed by atoms with Gasteiger partial charge in [-0.1, -0.05) is 0 Å². The molecule has 30 valence electrons. The minimum atomic E-state index is -4.19. The maximum atomic E-state index is 8.95. The van der Waals surface area contributed by atoms with E-state index in [0.29, 0.717) is 0 Å². The van der Waals surface area contributed by atoms with Crippen LogP contribution in [0.4, 0.5) is 0 Å². The lowest BCUT2D eigenvalue weighted by molar-refractivity contribution is 0.610. The molecule has 0 fully saturated rings. The van der Waals surface area contributed by atoms with Gasteiger partial charge in [0, 0.05) is 15.8 Å². The Bertz CT molecular complexity index is 92.8. The highest BCUT2D eigenvalue weighted by Crippen LogP contribution is 1.80. The van der Waals surface area contributed by atoms with Crippen molar-refractivity contribution in [3.8, 4) is 0 Å². The first kappa shape index (κ1) is 5.20. The van der Waals surface area contributed by atoms with Crippen molar-refractivity contribution >= 4 is 19.9 Å². The molecule has 0 aromatic heterocycles. The quantitative estimate of drug-likeness (QED) is 0.399. The monoisotopic (exact) mass is 113 g/mol. The number of rotatable bonds is 0. The minimum Gasteiger partial charge on any atom is -0.192 e. The van der Waals surface area contributed by atoms with Crippen LogP contribution in [-0.2, 0) is 9.24 Å². The predicted octanol–water partition coefficient (Wildman–Crippen LogP) is -0.461. The third-order valence-corrected chi connectivity index (χ3v) is 0. The highest BCUT2D eigenvalue weighted by atomic mass is 35.7. The average Bonchev–Trinajstić information content (AvgIpc) is 0.722. The van der Waals surface area contributed by atoms with Crippen molar-refractivity contribution in [1.82, 2.24) is 5.14 Å². The fraction of sp³-hybridized carbons (Fsp3) is 0. The molecule has 0 aliphatic carbocycles. The SMILES string of the molecule is [N]S(=O)(=O)Cl. The van der Waals surface area contributed by atoms with Crippen LogP contribution >= 0.6 is 10.7 Å². The molecule has 0 rings (SSSR count). The van der Waals surface area contributed by atoms with E-state index in [2.05, 4.69) is 10.7 Å². The number of hydrogen-bond acceptors (Lipinski definition) is 2.